The van der Waals surface area contributed by atoms with E-state index < -0.39 is 0 Å². The number of aromatic nitrogens is 2. The van der Waals surface area contributed by atoms with Crippen molar-refractivity contribution in [1.29, 1.82) is 0 Å². The van der Waals surface area contributed by atoms with Gasteiger partial charge in [-0.1, -0.05) is 19.1 Å². The minimum Gasteiger partial charge on any atom is -0.337 e. The molecule has 1 aromatic carbocycles. The molecular weight excluding hydrogens is 324 g/mol. The van der Waals surface area contributed by atoms with E-state index in [1.807, 2.05) is 41.6 Å². The van der Waals surface area contributed by atoms with Gasteiger partial charge in [-0.25, -0.2) is 9.97 Å². The third kappa shape index (κ3) is 3.36. The van der Waals surface area contributed by atoms with Crippen molar-refractivity contribution in [3.05, 3.63) is 47.8 Å². The number of aryl methyl sites for hydroxylation is 1. The van der Waals surface area contributed by atoms with Gasteiger partial charge >= 0.3 is 0 Å². The fourth-order valence-corrected chi connectivity index (χ4v) is 4.11. The Morgan fingerprint density at radius 1 is 1.08 bits per heavy atom. The van der Waals surface area contributed by atoms with E-state index in [9.17, 15) is 4.79 Å². The fraction of sp³-hybridized carbons (Fsp3) is 0.476. The standard InChI is InChI=1S/C21H26N4O/c1-3-15-10-22-20(23-11-15)17-5-7-18(8-6-17)21(26)25-13-16-4-9-19(14-25)24(2)12-16/h5-8,10-11,16,19H,3-4,9,12-14H2,1-2H3/t16-,19-/m0/s1. The Hall–Kier alpha value is -2.27. The maximum atomic E-state index is 13.0. The molecule has 2 aromatic rings. The highest BCUT2D eigenvalue weighted by atomic mass is 16.2. The molecule has 1 aromatic heterocycles. The number of hydrogen-bond donors (Lipinski definition) is 0. The molecule has 2 atom stereocenters. The summed E-state index contributed by atoms with van der Waals surface area (Å²) in [5.74, 6) is 1.45. The Balaban J connectivity index is 1.50. The van der Waals surface area contributed by atoms with Gasteiger partial charge in [-0.2, -0.15) is 0 Å². The smallest absolute Gasteiger partial charge is 0.253 e. The van der Waals surface area contributed by atoms with Crippen molar-refractivity contribution >= 4 is 5.91 Å². The molecule has 0 N–H and O–H groups in total. The maximum absolute atomic E-state index is 13.0. The molecule has 0 aliphatic carbocycles. The molecule has 3 fully saturated rings. The molecule has 1 amide bonds. The van der Waals surface area contributed by atoms with E-state index in [0.717, 1.165) is 42.7 Å². The van der Waals surface area contributed by atoms with Crippen LogP contribution in [-0.4, -0.2) is 58.4 Å². The number of hydrogen-bond acceptors (Lipinski definition) is 4. The second-order valence-electron chi connectivity index (χ2n) is 7.59. The lowest BCUT2D eigenvalue weighted by Gasteiger charge is -2.32. The summed E-state index contributed by atoms with van der Waals surface area (Å²) in [7, 11) is 2.18. The highest BCUT2D eigenvalue weighted by Crippen LogP contribution is 2.27. The van der Waals surface area contributed by atoms with Gasteiger partial charge in [0.05, 0.1) is 0 Å². The lowest BCUT2D eigenvalue weighted by atomic mass is 9.96. The van der Waals surface area contributed by atoms with Crippen molar-refractivity contribution in [1.82, 2.24) is 19.8 Å². The van der Waals surface area contributed by atoms with Crippen molar-refractivity contribution in [2.24, 2.45) is 5.92 Å². The van der Waals surface area contributed by atoms with Gasteiger partial charge in [0.15, 0.2) is 5.82 Å². The van der Waals surface area contributed by atoms with Crippen LogP contribution in [0.4, 0.5) is 0 Å². The van der Waals surface area contributed by atoms with Gasteiger partial charge in [0.2, 0.25) is 0 Å². The summed E-state index contributed by atoms with van der Waals surface area (Å²) in [5.41, 5.74) is 2.82. The lowest BCUT2D eigenvalue weighted by Crippen LogP contribution is -2.41. The van der Waals surface area contributed by atoms with E-state index in [4.69, 9.17) is 0 Å². The second-order valence-corrected chi connectivity index (χ2v) is 7.59. The van der Waals surface area contributed by atoms with Gasteiger partial charge in [-0.3, -0.25) is 4.79 Å². The van der Waals surface area contributed by atoms with E-state index in [2.05, 4.69) is 28.8 Å². The summed E-state index contributed by atoms with van der Waals surface area (Å²) in [6, 6.07) is 8.22. The number of likely N-dealkylation sites (N-methyl/N-ethyl adjacent to an activating group) is 1. The molecule has 4 heterocycles. The third-order valence-electron chi connectivity index (χ3n) is 5.78. The normalized spacial score (nSPS) is 23.1. The molecule has 0 unspecified atom stereocenters. The van der Waals surface area contributed by atoms with Crippen LogP contribution in [0.1, 0.15) is 35.7 Å². The zero-order valence-corrected chi connectivity index (χ0v) is 15.6. The SMILES string of the molecule is CCc1cnc(-c2ccc(C(=O)N3C[C@H]4CC[C@@H](C3)N(C)C4)cc2)nc1. The van der Waals surface area contributed by atoms with Crippen molar-refractivity contribution in [2.45, 2.75) is 32.2 Å². The Bertz CT molecular complexity index is 772. The van der Waals surface area contributed by atoms with Crippen molar-refractivity contribution in [3.63, 3.8) is 0 Å². The van der Waals surface area contributed by atoms with Crippen LogP contribution >= 0.6 is 0 Å². The minimum atomic E-state index is 0.144. The first-order valence-corrected chi connectivity index (χ1v) is 9.55. The first-order valence-electron chi connectivity index (χ1n) is 9.55. The topological polar surface area (TPSA) is 49.3 Å². The molecule has 0 saturated carbocycles. The molecule has 3 aliphatic rings. The third-order valence-corrected chi connectivity index (χ3v) is 5.78. The summed E-state index contributed by atoms with van der Waals surface area (Å²) < 4.78 is 0. The number of carbonyl (C=O) groups excluding carboxylic acids is 1. The van der Waals surface area contributed by atoms with Crippen LogP contribution in [0, 0.1) is 5.92 Å². The summed E-state index contributed by atoms with van der Waals surface area (Å²) in [6.45, 7) is 4.92. The van der Waals surface area contributed by atoms with Crippen LogP contribution < -0.4 is 0 Å². The molecule has 0 radical (unpaired) electrons. The quantitative estimate of drug-likeness (QED) is 0.854. The number of nitrogens with zero attached hydrogens (tertiary/aromatic N) is 4. The number of amides is 1. The summed E-state index contributed by atoms with van der Waals surface area (Å²) in [4.78, 5) is 26.3. The molecule has 0 spiro atoms. The minimum absolute atomic E-state index is 0.144. The first kappa shape index (κ1) is 17.2. The Kier molecular flexibility index (Phi) is 4.72. The van der Waals surface area contributed by atoms with E-state index in [1.165, 1.54) is 12.8 Å². The Labute approximate surface area is 155 Å². The predicted molar refractivity (Wildman–Crippen MR) is 102 cm³/mol. The zero-order valence-electron chi connectivity index (χ0n) is 15.6. The average Bonchev–Trinajstić information content (AvgIpc) is 2.99. The number of piperidine rings is 1. The van der Waals surface area contributed by atoms with E-state index in [-0.39, 0.29) is 5.91 Å². The Morgan fingerprint density at radius 3 is 2.46 bits per heavy atom. The average molecular weight is 350 g/mol. The van der Waals surface area contributed by atoms with Crippen LogP contribution in [0.3, 0.4) is 0 Å². The van der Waals surface area contributed by atoms with Crippen LogP contribution in [0.15, 0.2) is 36.7 Å². The largest absolute Gasteiger partial charge is 0.337 e. The van der Waals surface area contributed by atoms with E-state index in [0.29, 0.717) is 17.8 Å². The van der Waals surface area contributed by atoms with Gasteiger partial charge in [0, 0.05) is 49.2 Å². The van der Waals surface area contributed by atoms with Gasteiger partial charge in [-0.05, 0) is 49.9 Å². The van der Waals surface area contributed by atoms with Crippen LogP contribution in [0.25, 0.3) is 11.4 Å². The molecule has 2 bridgehead atoms. The first-order chi connectivity index (χ1) is 12.6. The molecule has 136 valence electrons. The Morgan fingerprint density at radius 2 is 1.81 bits per heavy atom. The van der Waals surface area contributed by atoms with Gasteiger partial charge in [0.25, 0.3) is 5.91 Å². The summed E-state index contributed by atoms with van der Waals surface area (Å²) in [5, 5.41) is 0. The predicted octanol–water partition coefficient (Wildman–Crippen LogP) is 2.87. The van der Waals surface area contributed by atoms with Crippen molar-refractivity contribution < 1.29 is 4.79 Å². The van der Waals surface area contributed by atoms with Gasteiger partial charge < -0.3 is 9.80 Å². The summed E-state index contributed by atoms with van der Waals surface area (Å²) >= 11 is 0. The lowest BCUT2D eigenvalue weighted by molar-refractivity contribution is 0.0742. The molecule has 26 heavy (non-hydrogen) atoms. The molecule has 5 rings (SSSR count). The van der Waals surface area contributed by atoms with Crippen LogP contribution in [-0.2, 0) is 6.42 Å². The van der Waals surface area contributed by atoms with Crippen molar-refractivity contribution in [2.75, 3.05) is 26.7 Å². The van der Waals surface area contributed by atoms with Gasteiger partial charge in [-0.15, -0.1) is 0 Å². The number of fused-ring (bicyclic) bond motifs is 4. The monoisotopic (exact) mass is 350 g/mol. The maximum Gasteiger partial charge on any atom is 0.253 e. The van der Waals surface area contributed by atoms with Crippen LogP contribution in [0.2, 0.25) is 0 Å². The highest BCUT2D eigenvalue weighted by Gasteiger charge is 2.34. The van der Waals surface area contributed by atoms with E-state index in [1.54, 1.807) is 0 Å². The summed E-state index contributed by atoms with van der Waals surface area (Å²) in [6.07, 6.45) is 7.11. The number of benzene rings is 1. The second kappa shape index (κ2) is 7.16. The molecule has 3 aliphatic heterocycles. The zero-order chi connectivity index (χ0) is 18.1. The number of carbonyl (C=O) groups is 1. The van der Waals surface area contributed by atoms with E-state index >= 15 is 0 Å². The molecule has 5 nitrogen and oxygen atoms in total. The highest BCUT2D eigenvalue weighted by molar-refractivity contribution is 5.94. The molecular formula is C21H26N4O. The molecule has 5 heteroatoms. The van der Waals surface area contributed by atoms with Crippen LogP contribution in [0.5, 0.6) is 0 Å². The van der Waals surface area contributed by atoms with Crippen molar-refractivity contribution in [3.8, 4) is 11.4 Å². The number of rotatable bonds is 3. The fourth-order valence-electron chi connectivity index (χ4n) is 4.11. The molecule has 3 saturated heterocycles. The van der Waals surface area contributed by atoms with Gasteiger partial charge in [0.1, 0.15) is 0 Å².